The Labute approximate surface area is 96.9 Å². The van der Waals surface area contributed by atoms with Crippen LogP contribution in [0.3, 0.4) is 0 Å². The van der Waals surface area contributed by atoms with Gasteiger partial charge in [0, 0.05) is 11.1 Å². The monoisotopic (exact) mass is 218 g/mol. The summed E-state index contributed by atoms with van der Waals surface area (Å²) in [5, 5.41) is 0. The molecule has 0 atom stereocenters. The summed E-state index contributed by atoms with van der Waals surface area (Å²) in [6, 6.07) is 4.04. The number of ether oxygens (including phenoxy) is 2. The second-order valence-electron chi connectivity index (χ2n) is 3.76. The molecular formula is C14H18O2. The van der Waals surface area contributed by atoms with Crippen LogP contribution in [-0.2, 0) is 12.8 Å². The van der Waals surface area contributed by atoms with Gasteiger partial charge in [-0.25, -0.2) is 0 Å². The molecule has 0 amide bonds. The first-order valence-corrected chi connectivity index (χ1v) is 5.92. The lowest BCUT2D eigenvalue weighted by Crippen LogP contribution is -2.06. The van der Waals surface area contributed by atoms with Crippen molar-refractivity contribution in [1.82, 2.24) is 0 Å². The van der Waals surface area contributed by atoms with Gasteiger partial charge in [-0.2, -0.15) is 0 Å². The Kier molecular flexibility index (Phi) is 3.50. The molecule has 2 heteroatoms. The van der Waals surface area contributed by atoms with Gasteiger partial charge in [0.25, 0.3) is 0 Å². The molecule has 0 aliphatic heterocycles. The first-order valence-electron chi connectivity index (χ1n) is 5.92. The number of hydrogen-bond acceptors (Lipinski definition) is 2. The van der Waals surface area contributed by atoms with Gasteiger partial charge >= 0.3 is 0 Å². The van der Waals surface area contributed by atoms with E-state index in [1.165, 1.54) is 11.1 Å². The van der Waals surface area contributed by atoms with Crippen LogP contribution in [0.4, 0.5) is 0 Å². The van der Waals surface area contributed by atoms with Crippen LogP contribution < -0.4 is 9.47 Å². The van der Waals surface area contributed by atoms with Crippen molar-refractivity contribution < 1.29 is 9.47 Å². The van der Waals surface area contributed by atoms with Gasteiger partial charge in [0.1, 0.15) is 11.5 Å². The maximum atomic E-state index is 5.65. The van der Waals surface area contributed by atoms with Crippen LogP contribution in [-0.4, -0.2) is 13.2 Å². The summed E-state index contributed by atoms with van der Waals surface area (Å²) >= 11 is 0. The normalized spacial score (nSPS) is 13.4. The highest BCUT2D eigenvalue weighted by Gasteiger charge is 2.15. The van der Waals surface area contributed by atoms with Gasteiger partial charge in [-0.3, -0.25) is 0 Å². The molecule has 86 valence electrons. The van der Waals surface area contributed by atoms with Gasteiger partial charge in [-0.15, -0.1) is 0 Å². The average molecular weight is 218 g/mol. The molecule has 0 N–H and O–H groups in total. The topological polar surface area (TPSA) is 18.5 Å². The van der Waals surface area contributed by atoms with Crippen molar-refractivity contribution in [1.29, 1.82) is 0 Å². The molecule has 1 aliphatic carbocycles. The van der Waals surface area contributed by atoms with Gasteiger partial charge in [0.05, 0.1) is 13.2 Å². The van der Waals surface area contributed by atoms with Crippen LogP contribution in [0.15, 0.2) is 24.3 Å². The Balaban J connectivity index is 2.39. The summed E-state index contributed by atoms with van der Waals surface area (Å²) in [4.78, 5) is 0. The lowest BCUT2D eigenvalue weighted by atomic mass is 9.95. The number of benzene rings is 1. The molecule has 0 aromatic heterocycles. The average Bonchev–Trinajstić information content (AvgIpc) is 2.33. The highest BCUT2D eigenvalue weighted by atomic mass is 16.5. The van der Waals surface area contributed by atoms with E-state index >= 15 is 0 Å². The highest BCUT2D eigenvalue weighted by Crippen LogP contribution is 2.34. The van der Waals surface area contributed by atoms with Crippen molar-refractivity contribution >= 4 is 0 Å². The van der Waals surface area contributed by atoms with Crippen LogP contribution in [0.25, 0.3) is 0 Å². The summed E-state index contributed by atoms with van der Waals surface area (Å²) < 4.78 is 11.3. The minimum atomic E-state index is 0.712. The Morgan fingerprint density at radius 3 is 1.69 bits per heavy atom. The lowest BCUT2D eigenvalue weighted by Gasteiger charge is -2.19. The summed E-state index contributed by atoms with van der Waals surface area (Å²) in [6.07, 6.45) is 6.29. The van der Waals surface area contributed by atoms with E-state index in [9.17, 15) is 0 Å². The zero-order valence-electron chi connectivity index (χ0n) is 9.95. The smallest absolute Gasteiger partial charge is 0.123 e. The van der Waals surface area contributed by atoms with Crippen molar-refractivity contribution in [3.8, 4) is 11.5 Å². The second-order valence-corrected chi connectivity index (χ2v) is 3.76. The van der Waals surface area contributed by atoms with Gasteiger partial charge in [-0.1, -0.05) is 12.2 Å². The highest BCUT2D eigenvalue weighted by molar-refractivity contribution is 5.52. The molecule has 0 saturated heterocycles. The first kappa shape index (κ1) is 11.1. The molecule has 0 fully saturated rings. The molecule has 0 saturated carbocycles. The fraction of sp³-hybridized carbons (Fsp3) is 0.429. The molecule has 0 bridgehead atoms. The van der Waals surface area contributed by atoms with E-state index in [1.807, 2.05) is 26.0 Å². The molecule has 0 spiro atoms. The van der Waals surface area contributed by atoms with Crippen molar-refractivity contribution in [3.63, 3.8) is 0 Å². The molecule has 0 unspecified atom stereocenters. The van der Waals surface area contributed by atoms with E-state index in [4.69, 9.17) is 9.47 Å². The molecule has 2 nitrogen and oxygen atoms in total. The van der Waals surface area contributed by atoms with Crippen LogP contribution >= 0.6 is 0 Å². The van der Waals surface area contributed by atoms with Gasteiger partial charge in [0.15, 0.2) is 0 Å². The van der Waals surface area contributed by atoms with Gasteiger partial charge in [0.2, 0.25) is 0 Å². The molecule has 1 aromatic rings. The Morgan fingerprint density at radius 1 is 0.875 bits per heavy atom. The van der Waals surface area contributed by atoms with E-state index in [-0.39, 0.29) is 0 Å². The van der Waals surface area contributed by atoms with Crippen LogP contribution in [0, 0.1) is 0 Å². The molecule has 1 aromatic carbocycles. The predicted octanol–water partition coefficient (Wildman–Crippen LogP) is 3.14. The van der Waals surface area contributed by atoms with Crippen LogP contribution in [0.5, 0.6) is 11.5 Å². The zero-order chi connectivity index (χ0) is 11.4. The van der Waals surface area contributed by atoms with Gasteiger partial charge in [-0.05, 0) is 38.8 Å². The second kappa shape index (κ2) is 5.06. The number of fused-ring (bicyclic) bond motifs is 1. The first-order chi connectivity index (χ1) is 7.86. The Bertz CT molecular complexity index is 357. The molecular weight excluding hydrogens is 200 g/mol. The molecule has 2 rings (SSSR count). The summed E-state index contributed by atoms with van der Waals surface area (Å²) in [6.45, 7) is 5.46. The fourth-order valence-corrected chi connectivity index (χ4v) is 2.08. The minimum absolute atomic E-state index is 0.712. The summed E-state index contributed by atoms with van der Waals surface area (Å²) in [7, 11) is 0. The number of rotatable bonds is 4. The quantitative estimate of drug-likeness (QED) is 0.723. The van der Waals surface area contributed by atoms with E-state index < -0.39 is 0 Å². The zero-order valence-corrected chi connectivity index (χ0v) is 9.95. The maximum absolute atomic E-state index is 5.65. The molecule has 0 radical (unpaired) electrons. The predicted molar refractivity (Wildman–Crippen MR) is 65.3 cm³/mol. The van der Waals surface area contributed by atoms with E-state index in [1.54, 1.807) is 0 Å². The van der Waals surface area contributed by atoms with Crippen LogP contribution in [0.2, 0.25) is 0 Å². The number of allylic oxidation sites excluding steroid dienone is 2. The SMILES string of the molecule is CCOc1ccc(OCC)c2c1CC=CC2. The third-order valence-corrected chi connectivity index (χ3v) is 2.76. The number of hydrogen-bond donors (Lipinski definition) is 0. The van der Waals surface area contributed by atoms with Gasteiger partial charge < -0.3 is 9.47 Å². The largest absolute Gasteiger partial charge is 0.494 e. The van der Waals surface area contributed by atoms with E-state index in [0.717, 1.165) is 24.3 Å². The standard InChI is InChI=1S/C14H18O2/c1-3-15-13-9-10-14(16-4-2)12-8-6-5-7-11(12)13/h5-6,9-10H,3-4,7-8H2,1-2H3. The minimum Gasteiger partial charge on any atom is -0.494 e. The van der Waals surface area contributed by atoms with Crippen molar-refractivity contribution in [2.45, 2.75) is 26.7 Å². The fourth-order valence-electron chi connectivity index (χ4n) is 2.08. The third-order valence-electron chi connectivity index (χ3n) is 2.76. The third kappa shape index (κ3) is 2.06. The van der Waals surface area contributed by atoms with E-state index in [0.29, 0.717) is 13.2 Å². The summed E-state index contributed by atoms with van der Waals surface area (Å²) in [5.41, 5.74) is 2.57. The van der Waals surface area contributed by atoms with E-state index in [2.05, 4.69) is 12.2 Å². The molecule has 16 heavy (non-hydrogen) atoms. The van der Waals surface area contributed by atoms with Crippen molar-refractivity contribution in [2.75, 3.05) is 13.2 Å². The Morgan fingerprint density at radius 2 is 1.31 bits per heavy atom. The summed E-state index contributed by atoms with van der Waals surface area (Å²) in [5.74, 6) is 2.01. The lowest BCUT2D eigenvalue weighted by molar-refractivity contribution is 0.325. The van der Waals surface area contributed by atoms with Crippen molar-refractivity contribution in [2.24, 2.45) is 0 Å². The Hall–Kier alpha value is -1.44. The van der Waals surface area contributed by atoms with Crippen LogP contribution in [0.1, 0.15) is 25.0 Å². The van der Waals surface area contributed by atoms with Crippen molar-refractivity contribution in [3.05, 3.63) is 35.4 Å². The molecule has 0 heterocycles. The maximum Gasteiger partial charge on any atom is 0.123 e. The molecule has 1 aliphatic rings.